The monoisotopic (exact) mass is 247 g/mol. The summed E-state index contributed by atoms with van der Waals surface area (Å²) < 4.78 is 5.31. The molecule has 96 valence electrons. The van der Waals surface area contributed by atoms with E-state index in [1.165, 1.54) is 0 Å². The lowest BCUT2D eigenvalue weighted by atomic mass is 9.97. The normalized spacial score (nSPS) is 22.2. The highest BCUT2D eigenvalue weighted by molar-refractivity contribution is 6.03. The molecule has 0 radical (unpaired) electrons. The van der Waals surface area contributed by atoms with Gasteiger partial charge in [-0.1, -0.05) is 42.4 Å². The molecular weight excluding hydrogens is 230 g/mol. The molecule has 1 aliphatic rings. The molecule has 4 nitrogen and oxygen atoms in total. The minimum absolute atomic E-state index is 0.233. The number of esters is 1. The summed E-state index contributed by atoms with van der Waals surface area (Å²) in [5, 5.41) is 3.91. The zero-order chi connectivity index (χ0) is 13.0. The van der Waals surface area contributed by atoms with Crippen molar-refractivity contribution >= 4 is 11.7 Å². The minimum atomic E-state index is -0.362. The first-order valence-corrected chi connectivity index (χ1v) is 6.15. The number of benzene rings is 1. The van der Waals surface area contributed by atoms with Gasteiger partial charge in [-0.05, 0) is 18.9 Å². The molecule has 0 saturated heterocycles. The fourth-order valence-electron chi connectivity index (χ4n) is 1.97. The summed E-state index contributed by atoms with van der Waals surface area (Å²) in [5.41, 5.74) is 1.74. The quantitative estimate of drug-likeness (QED) is 0.768. The zero-order valence-corrected chi connectivity index (χ0v) is 10.6. The van der Waals surface area contributed by atoms with Gasteiger partial charge in [-0.2, -0.15) is 0 Å². The van der Waals surface area contributed by atoms with Crippen LogP contribution in [0.3, 0.4) is 0 Å². The van der Waals surface area contributed by atoms with Gasteiger partial charge in [0, 0.05) is 0 Å². The Kier molecular flexibility index (Phi) is 3.97. The van der Waals surface area contributed by atoms with Crippen LogP contribution in [0.25, 0.3) is 0 Å². The van der Waals surface area contributed by atoms with E-state index in [1.54, 1.807) is 0 Å². The lowest BCUT2D eigenvalue weighted by Gasteiger charge is -2.14. The first kappa shape index (κ1) is 12.6. The predicted octanol–water partition coefficient (Wildman–Crippen LogP) is 2.53. The number of nitrogens with zero attached hydrogens (tertiary/aromatic N) is 1. The van der Waals surface area contributed by atoms with Gasteiger partial charge in [0.2, 0.25) is 0 Å². The molecule has 18 heavy (non-hydrogen) atoms. The molecule has 0 aromatic heterocycles. The van der Waals surface area contributed by atoms with E-state index in [-0.39, 0.29) is 18.0 Å². The van der Waals surface area contributed by atoms with Gasteiger partial charge in [0.05, 0.1) is 5.71 Å². The molecule has 2 rings (SSSR count). The maximum absolute atomic E-state index is 12.0. The van der Waals surface area contributed by atoms with E-state index in [0.29, 0.717) is 13.0 Å². The highest BCUT2D eigenvalue weighted by Crippen LogP contribution is 2.22. The molecule has 0 amide bonds. The summed E-state index contributed by atoms with van der Waals surface area (Å²) >= 11 is 0. The Morgan fingerprint density at radius 3 is 2.78 bits per heavy atom. The van der Waals surface area contributed by atoms with E-state index in [1.807, 2.05) is 44.2 Å². The van der Waals surface area contributed by atoms with Gasteiger partial charge >= 0.3 is 5.97 Å². The van der Waals surface area contributed by atoms with E-state index in [4.69, 9.17) is 9.57 Å². The summed E-state index contributed by atoms with van der Waals surface area (Å²) in [6.45, 7) is 4.08. The molecule has 1 aliphatic heterocycles. The van der Waals surface area contributed by atoms with Crippen molar-refractivity contribution in [3.8, 4) is 0 Å². The average molecular weight is 247 g/mol. The number of oxime groups is 1. The van der Waals surface area contributed by atoms with Crippen molar-refractivity contribution in [3.05, 3.63) is 35.9 Å². The molecule has 0 N–H and O–H groups in total. The molecule has 0 saturated carbocycles. The summed E-state index contributed by atoms with van der Waals surface area (Å²) in [6.07, 6.45) is 0.471. The van der Waals surface area contributed by atoms with E-state index in [9.17, 15) is 4.79 Å². The first-order valence-electron chi connectivity index (χ1n) is 6.15. The number of carbonyl (C=O) groups excluding carboxylic acids is 1. The fourth-order valence-corrected chi connectivity index (χ4v) is 1.97. The minimum Gasteiger partial charge on any atom is -0.460 e. The van der Waals surface area contributed by atoms with Crippen molar-refractivity contribution < 1.29 is 14.4 Å². The standard InChI is InChI=1S/C14H17NO3/c1-3-12-13(10(2)18-15-12)14(16)17-9-11-7-5-4-6-8-11/h4-8,10,13H,3,9H2,1-2H3/t10-,13-/m1/s1. The number of ether oxygens (including phenoxy) is 1. The van der Waals surface area contributed by atoms with Crippen LogP contribution in [0.4, 0.5) is 0 Å². The highest BCUT2D eigenvalue weighted by atomic mass is 16.6. The Bertz CT molecular complexity index is 442. The number of hydrogen-bond acceptors (Lipinski definition) is 4. The Hall–Kier alpha value is -1.84. The Balaban J connectivity index is 1.94. The molecule has 0 fully saturated rings. The Labute approximate surface area is 107 Å². The lowest BCUT2D eigenvalue weighted by Crippen LogP contribution is -2.30. The van der Waals surface area contributed by atoms with Crippen molar-refractivity contribution in [2.45, 2.75) is 33.0 Å². The van der Waals surface area contributed by atoms with Gasteiger partial charge in [-0.25, -0.2) is 0 Å². The van der Waals surface area contributed by atoms with Crippen LogP contribution >= 0.6 is 0 Å². The molecule has 0 aliphatic carbocycles. The second-order valence-electron chi connectivity index (χ2n) is 4.32. The topological polar surface area (TPSA) is 47.9 Å². The second kappa shape index (κ2) is 5.67. The van der Waals surface area contributed by atoms with E-state index in [0.717, 1.165) is 11.3 Å². The van der Waals surface area contributed by atoms with E-state index >= 15 is 0 Å². The van der Waals surface area contributed by atoms with Crippen LogP contribution in [0.5, 0.6) is 0 Å². The van der Waals surface area contributed by atoms with Crippen molar-refractivity contribution in [1.29, 1.82) is 0 Å². The van der Waals surface area contributed by atoms with Gasteiger partial charge in [-0.3, -0.25) is 4.79 Å². The van der Waals surface area contributed by atoms with Crippen LogP contribution in [-0.2, 0) is 21.0 Å². The van der Waals surface area contributed by atoms with E-state index < -0.39 is 0 Å². The van der Waals surface area contributed by atoms with Gasteiger partial charge in [0.15, 0.2) is 0 Å². The van der Waals surface area contributed by atoms with Crippen LogP contribution in [0.15, 0.2) is 35.5 Å². The highest BCUT2D eigenvalue weighted by Gasteiger charge is 2.37. The number of carbonyl (C=O) groups is 1. The SMILES string of the molecule is CCC1=NO[C@H](C)[C@H]1C(=O)OCc1ccccc1. The summed E-state index contributed by atoms with van der Waals surface area (Å²) in [4.78, 5) is 17.1. The van der Waals surface area contributed by atoms with Crippen molar-refractivity contribution in [3.63, 3.8) is 0 Å². The summed E-state index contributed by atoms with van der Waals surface area (Å²) in [5.74, 6) is -0.622. The average Bonchev–Trinajstić information content (AvgIpc) is 2.78. The van der Waals surface area contributed by atoms with Crippen LogP contribution < -0.4 is 0 Å². The molecule has 2 atom stereocenters. The van der Waals surface area contributed by atoms with Gasteiger partial charge in [0.25, 0.3) is 0 Å². The fraction of sp³-hybridized carbons (Fsp3) is 0.429. The van der Waals surface area contributed by atoms with Crippen LogP contribution in [0.2, 0.25) is 0 Å². The molecule has 1 aromatic rings. The van der Waals surface area contributed by atoms with Gasteiger partial charge in [-0.15, -0.1) is 0 Å². The van der Waals surface area contributed by atoms with Crippen molar-refractivity contribution in [1.82, 2.24) is 0 Å². The van der Waals surface area contributed by atoms with Crippen LogP contribution in [0, 0.1) is 5.92 Å². The number of rotatable bonds is 4. The molecule has 4 heteroatoms. The van der Waals surface area contributed by atoms with Crippen molar-refractivity contribution in [2.75, 3.05) is 0 Å². The van der Waals surface area contributed by atoms with Crippen molar-refractivity contribution in [2.24, 2.45) is 11.1 Å². The van der Waals surface area contributed by atoms with Crippen LogP contribution in [-0.4, -0.2) is 17.8 Å². The first-order chi connectivity index (χ1) is 8.72. The predicted molar refractivity (Wildman–Crippen MR) is 68.0 cm³/mol. The zero-order valence-electron chi connectivity index (χ0n) is 10.6. The summed E-state index contributed by atoms with van der Waals surface area (Å²) in [6, 6.07) is 9.63. The van der Waals surface area contributed by atoms with Gasteiger partial charge in [0.1, 0.15) is 18.6 Å². The smallest absolute Gasteiger partial charge is 0.319 e. The van der Waals surface area contributed by atoms with Crippen LogP contribution in [0.1, 0.15) is 25.8 Å². The Morgan fingerprint density at radius 1 is 1.39 bits per heavy atom. The maximum atomic E-state index is 12.0. The third-order valence-electron chi connectivity index (χ3n) is 3.00. The van der Waals surface area contributed by atoms with Gasteiger partial charge < -0.3 is 9.57 Å². The third-order valence-corrected chi connectivity index (χ3v) is 3.00. The molecular formula is C14H17NO3. The molecule has 0 unspecified atom stereocenters. The molecule has 1 aromatic carbocycles. The second-order valence-corrected chi connectivity index (χ2v) is 4.32. The largest absolute Gasteiger partial charge is 0.460 e. The maximum Gasteiger partial charge on any atom is 0.319 e. The molecule has 0 spiro atoms. The molecule has 0 bridgehead atoms. The Morgan fingerprint density at radius 2 is 2.11 bits per heavy atom. The molecule has 1 heterocycles. The third kappa shape index (κ3) is 2.70. The lowest BCUT2D eigenvalue weighted by molar-refractivity contribution is -0.150. The van der Waals surface area contributed by atoms with E-state index in [2.05, 4.69) is 5.16 Å². The summed E-state index contributed by atoms with van der Waals surface area (Å²) in [7, 11) is 0. The number of hydrogen-bond donors (Lipinski definition) is 0.